The minimum absolute atomic E-state index is 0.863. The molecule has 0 aromatic carbocycles. The van der Waals surface area contributed by atoms with Gasteiger partial charge in [0.2, 0.25) is 0 Å². The average molecular weight is 325 g/mol. The molecule has 1 nitrogen and oxygen atoms in total. The number of hydrogen-bond donors (Lipinski definition) is 0. The van der Waals surface area contributed by atoms with Crippen molar-refractivity contribution >= 4 is 26.2 Å². The van der Waals surface area contributed by atoms with Gasteiger partial charge in [0.05, 0.1) is 0 Å². The molecule has 0 unspecified atom stereocenters. The van der Waals surface area contributed by atoms with Crippen LogP contribution >= 0.6 is 8.92 Å². The summed E-state index contributed by atoms with van der Waals surface area (Å²) in [7, 11) is 6.29. The van der Waals surface area contributed by atoms with E-state index in [1.165, 1.54) is 36.5 Å². The number of rotatable bonds is 6. The third-order valence-electron chi connectivity index (χ3n) is 2.89. The molecule has 0 radical (unpaired) electrons. The quantitative estimate of drug-likeness (QED) is 0.529. The Bertz CT molecular complexity index is 150. The van der Waals surface area contributed by atoms with E-state index in [-0.39, 0.29) is 0 Å². The van der Waals surface area contributed by atoms with Crippen LogP contribution in [0.25, 0.3) is 0 Å². The van der Waals surface area contributed by atoms with Crippen molar-refractivity contribution < 1.29 is 4.74 Å². The van der Waals surface area contributed by atoms with E-state index in [0.29, 0.717) is 0 Å². The van der Waals surface area contributed by atoms with Gasteiger partial charge in [0.25, 0.3) is 0 Å². The topological polar surface area (TPSA) is 9.23 Å². The molecule has 1 saturated carbocycles. The van der Waals surface area contributed by atoms with Crippen LogP contribution in [0, 0.1) is 5.92 Å². The Morgan fingerprint density at radius 1 is 1.29 bits per heavy atom. The molecule has 3 heteroatoms. The Balaban J connectivity index is 1.89. The molecule has 1 fully saturated rings. The van der Waals surface area contributed by atoms with Gasteiger partial charge in [-0.15, -0.1) is 0 Å². The first kappa shape index (κ1) is 13.1. The van der Waals surface area contributed by atoms with E-state index < -0.39 is 17.3 Å². The van der Waals surface area contributed by atoms with Gasteiger partial charge in [0.1, 0.15) is 0 Å². The van der Waals surface area contributed by atoms with Gasteiger partial charge in [-0.25, -0.2) is 0 Å². The summed E-state index contributed by atoms with van der Waals surface area (Å²) in [5.41, 5.74) is 0. The molecule has 0 heterocycles. The summed E-state index contributed by atoms with van der Waals surface area (Å²) in [6.45, 7) is 1.93. The molecule has 0 aliphatic heterocycles. The van der Waals surface area contributed by atoms with E-state index in [1.807, 2.05) is 0 Å². The standard InChI is InChI=1S/C9H17O.2CH3.ClH.Sn/c1-2-7-10-8-9-5-3-4-6-9;;;;/h9H,1-8H2;2*1H3;1H;/q;;;;+1/p-1. The Morgan fingerprint density at radius 3 is 2.50 bits per heavy atom. The Hall–Kier alpha value is 1.05. The number of hydrogen-bond acceptors (Lipinski definition) is 1. The predicted molar refractivity (Wildman–Crippen MR) is 65.5 cm³/mol. The van der Waals surface area contributed by atoms with Crippen LogP contribution < -0.4 is 0 Å². The van der Waals surface area contributed by atoms with E-state index in [9.17, 15) is 0 Å². The summed E-state index contributed by atoms with van der Waals surface area (Å²) in [6.07, 6.45) is 6.79. The van der Waals surface area contributed by atoms with Crippen LogP contribution in [-0.2, 0) is 4.74 Å². The molecule has 0 spiro atoms. The maximum absolute atomic E-state index is 6.29. The Morgan fingerprint density at radius 2 is 1.93 bits per heavy atom. The molecule has 0 aromatic heterocycles. The van der Waals surface area contributed by atoms with Gasteiger partial charge in [-0.3, -0.25) is 0 Å². The fourth-order valence-corrected chi connectivity index (χ4v) is 5.73. The van der Waals surface area contributed by atoms with Crippen molar-refractivity contribution in [1.29, 1.82) is 0 Å². The molecule has 0 amide bonds. The maximum atomic E-state index is 6.29. The minimum atomic E-state index is -2.01. The van der Waals surface area contributed by atoms with E-state index in [0.717, 1.165) is 19.1 Å². The second-order valence-electron chi connectivity index (χ2n) is 5.05. The van der Waals surface area contributed by atoms with Crippen LogP contribution in [0.2, 0.25) is 14.3 Å². The molecule has 0 atom stereocenters. The van der Waals surface area contributed by atoms with Crippen molar-refractivity contribution in [1.82, 2.24) is 0 Å². The zero-order valence-electron chi connectivity index (χ0n) is 9.52. The molecular formula is C11H23ClOSn. The van der Waals surface area contributed by atoms with Gasteiger partial charge < -0.3 is 0 Å². The first-order valence-electron chi connectivity index (χ1n) is 5.84. The van der Waals surface area contributed by atoms with Crippen molar-refractivity contribution in [2.24, 2.45) is 5.92 Å². The fourth-order valence-electron chi connectivity index (χ4n) is 2.02. The second-order valence-corrected chi connectivity index (χ2v) is 23.1. The van der Waals surface area contributed by atoms with E-state index >= 15 is 0 Å². The Kier molecular flexibility index (Phi) is 6.18. The molecule has 14 heavy (non-hydrogen) atoms. The summed E-state index contributed by atoms with van der Waals surface area (Å²) in [5.74, 6) is 0.863. The van der Waals surface area contributed by atoms with Crippen molar-refractivity contribution in [2.45, 2.75) is 46.4 Å². The van der Waals surface area contributed by atoms with Gasteiger partial charge in [0, 0.05) is 0 Å². The second kappa shape index (κ2) is 6.59. The summed E-state index contributed by atoms with van der Waals surface area (Å²) in [4.78, 5) is 4.54. The van der Waals surface area contributed by atoms with Crippen LogP contribution in [0.5, 0.6) is 0 Å². The van der Waals surface area contributed by atoms with Crippen LogP contribution in [0.3, 0.4) is 0 Å². The molecular weight excluding hydrogens is 302 g/mol. The van der Waals surface area contributed by atoms with Gasteiger partial charge >= 0.3 is 96.5 Å². The van der Waals surface area contributed by atoms with Gasteiger partial charge in [-0.2, -0.15) is 0 Å². The normalized spacial score (nSPS) is 19.1. The zero-order chi connectivity index (χ0) is 10.4. The van der Waals surface area contributed by atoms with Crippen LogP contribution in [0.15, 0.2) is 0 Å². The van der Waals surface area contributed by atoms with E-state index in [4.69, 9.17) is 13.7 Å². The SMILES string of the molecule is [CH3][Sn]([CH3])([Cl])[CH2]CCOCC1CCCC1. The van der Waals surface area contributed by atoms with Gasteiger partial charge in [0.15, 0.2) is 0 Å². The van der Waals surface area contributed by atoms with Crippen LogP contribution in [0.4, 0.5) is 0 Å². The van der Waals surface area contributed by atoms with Gasteiger partial charge in [-0.1, -0.05) is 0 Å². The summed E-state index contributed by atoms with van der Waals surface area (Å²) >= 11 is -2.01. The molecule has 0 bridgehead atoms. The third-order valence-corrected chi connectivity index (χ3v) is 8.56. The van der Waals surface area contributed by atoms with Crippen LogP contribution in [-0.4, -0.2) is 30.5 Å². The predicted octanol–water partition coefficient (Wildman–Crippen LogP) is 4.03. The molecule has 0 aromatic rings. The molecule has 1 aliphatic rings. The van der Waals surface area contributed by atoms with Crippen molar-refractivity contribution in [3.8, 4) is 0 Å². The summed E-state index contributed by atoms with van der Waals surface area (Å²) < 4.78 is 6.94. The molecule has 0 saturated heterocycles. The van der Waals surface area contributed by atoms with E-state index in [2.05, 4.69) is 9.88 Å². The fraction of sp³-hybridized carbons (Fsp3) is 1.00. The molecule has 1 aliphatic carbocycles. The monoisotopic (exact) mass is 326 g/mol. The molecule has 84 valence electrons. The summed E-state index contributed by atoms with van der Waals surface area (Å²) in [5, 5.41) is 0. The Labute approximate surface area is 96.1 Å². The van der Waals surface area contributed by atoms with Crippen molar-refractivity contribution in [3.63, 3.8) is 0 Å². The van der Waals surface area contributed by atoms with Crippen molar-refractivity contribution in [2.75, 3.05) is 13.2 Å². The first-order chi connectivity index (χ1) is 6.58. The van der Waals surface area contributed by atoms with Crippen molar-refractivity contribution in [3.05, 3.63) is 0 Å². The van der Waals surface area contributed by atoms with Crippen LogP contribution in [0.1, 0.15) is 32.1 Å². The third kappa shape index (κ3) is 6.52. The zero-order valence-corrected chi connectivity index (χ0v) is 13.1. The van der Waals surface area contributed by atoms with Gasteiger partial charge in [-0.05, 0) is 0 Å². The first-order valence-corrected chi connectivity index (χ1v) is 17.2. The van der Waals surface area contributed by atoms with E-state index in [1.54, 1.807) is 0 Å². The average Bonchev–Trinajstić information content (AvgIpc) is 2.54. The molecule has 1 rings (SSSR count). The number of ether oxygens (including phenoxy) is 1. The molecule has 0 N–H and O–H groups in total. The number of halogens is 1. The summed E-state index contributed by atoms with van der Waals surface area (Å²) in [6, 6.07) is 0.